The van der Waals surface area contributed by atoms with Crippen LogP contribution in [-0.2, 0) is 14.8 Å². The summed E-state index contributed by atoms with van der Waals surface area (Å²) in [5, 5.41) is 3.20. The van der Waals surface area contributed by atoms with E-state index in [1.165, 1.54) is 36.7 Å². The van der Waals surface area contributed by atoms with Gasteiger partial charge in [-0.2, -0.15) is 0 Å². The molecule has 0 radical (unpaired) electrons. The van der Waals surface area contributed by atoms with Gasteiger partial charge in [-0.3, -0.25) is 9.78 Å². The average molecular weight is 465 g/mol. The van der Waals surface area contributed by atoms with Crippen LogP contribution in [0.1, 0.15) is 18.0 Å². The summed E-state index contributed by atoms with van der Waals surface area (Å²) in [4.78, 5) is 18.2. The summed E-state index contributed by atoms with van der Waals surface area (Å²) in [6, 6.07) is 8.87. The van der Waals surface area contributed by atoms with Crippen molar-refractivity contribution in [3.05, 3.63) is 60.2 Å². The Morgan fingerprint density at radius 2 is 2.07 bits per heavy atom. The van der Waals surface area contributed by atoms with E-state index < -0.39 is 10.0 Å². The number of halogens is 3. The number of benzene rings is 1. The van der Waals surface area contributed by atoms with Crippen molar-refractivity contribution >= 4 is 40.7 Å². The highest BCUT2D eigenvalue weighted by atomic mass is 35.5. The van der Waals surface area contributed by atoms with Crippen molar-refractivity contribution in [3.8, 4) is 0 Å². The molecule has 11 heteroatoms. The molecule has 0 aliphatic carbocycles. The van der Waals surface area contributed by atoms with Crippen molar-refractivity contribution in [1.82, 2.24) is 19.9 Å². The van der Waals surface area contributed by atoms with Gasteiger partial charge >= 0.3 is 0 Å². The van der Waals surface area contributed by atoms with Crippen LogP contribution in [0.3, 0.4) is 0 Å². The molecule has 2 N–H and O–H groups in total. The summed E-state index contributed by atoms with van der Waals surface area (Å²) in [6.45, 7) is 1.63. The van der Waals surface area contributed by atoms with Crippen LogP contribution in [-0.4, -0.2) is 50.4 Å². The van der Waals surface area contributed by atoms with Gasteiger partial charge in [0.25, 0.3) is 0 Å². The van der Waals surface area contributed by atoms with Crippen LogP contribution >= 0.6 is 24.8 Å². The molecule has 0 bridgehead atoms. The molecule has 7 nitrogen and oxygen atoms in total. The van der Waals surface area contributed by atoms with Crippen molar-refractivity contribution < 1.29 is 17.6 Å². The Morgan fingerprint density at radius 3 is 2.76 bits per heavy atom. The van der Waals surface area contributed by atoms with Gasteiger partial charge in [0, 0.05) is 45.0 Å². The zero-order valence-electron chi connectivity index (χ0n) is 15.5. The molecule has 2 heterocycles. The molecule has 0 saturated carbocycles. The fraction of sp³-hybridized carbons (Fsp3) is 0.333. The molecular weight excluding hydrogens is 442 g/mol. The summed E-state index contributed by atoms with van der Waals surface area (Å²) in [7, 11) is -3.70. The van der Waals surface area contributed by atoms with Gasteiger partial charge in [0.2, 0.25) is 15.9 Å². The second-order valence-corrected chi connectivity index (χ2v) is 7.97. The highest BCUT2D eigenvalue weighted by molar-refractivity contribution is 7.89. The molecule has 160 valence electrons. The second-order valence-electron chi connectivity index (χ2n) is 6.20. The molecule has 1 aliphatic rings. The Bertz CT molecular complexity index is 903. The van der Waals surface area contributed by atoms with Crippen molar-refractivity contribution in [2.45, 2.75) is 17.4 Å². The first-order valence-corrected chi connectivity index (χ1v) is 10.1. The minimum atomic E-state index is -3.70. The van der Waals surface area contributed by atoms with E-state index >= 15 is 0 Å². The van der Waals surface area contributed by atoms with Crippen LogP contribution < -0.4 is 10.0 Å². The minimum Gasteiger partial charge on any atom is -0.333 e. The number of nitrogens with zero attached hydrogens (tertiary/aromatic N) is 2. The van der Waals surface area contributed by atoms with E-state index in [1.54, 1.807) is 17.0 Å². The molecule has 1 amide bonds. The third-order valence-corrected chi connectivity index (χ3v) is 5.82. The molecule has 1 unspecified atom stereocenters. The quantitative estimate of drug-likeness (QED) is 0.680. The van der Waals surface area contributed by atoms with E-state index in [-0.39, 0.29) is 60.4 Å². The third-order valence-electron chi connectivity index (χ3n) is 4.37. The number of carbonyl (C=O) groups excluding carboxylic acids is 1. The predicted octanol–water partition coefficient (Wildman–Crippen LogP) is 1.91. The SMILES string of the molecule is Cl.Cl.O=C(CCNS(=O)(=O)c1cccnc1)N1CCNCC1c1cccc(F)c1. The third kappa shape index (κ3) is 6.61. The van der Waals surface area contributed by atoms with Gasteiger partial charge in [0.05, 0.1) is 6.04 Å². The smallest absolute Gasteiger partial charge is 0.242 e. The zero-order chi connectivity index (χ0) is 19.3. The van der Waals surface area contributed by atoms with E-state index in [4.69, 9.17) is 0 Å². The van der Waals surface area contributed by atoms with Gasteiger partial charge < -0.3 is 10.2 Å². The number of hydrogen-bond acceptors (Lipinski definition) is 5. The lowest BCUT2D eigenvalue weighted by atomic mass is 10.0. The number of amides is 1. The van der Waals surface area contributed by atoms with Gasteiger partial charge in [-0.25, -0.2) is 17.5 Å². The summed E-state index contributed by atoms with van der Waals surface area (Å²) in [5.41, 5.74) is 0.714. The lowest BCUT2D eigenvalue weighted by Gasteiger charge is -2.36. The van der Waals surface area contributed by atoms with Gasteiger partial charge in [-0.05, 0) is 29.8 Å². The van der Waals surface area contributed by atoms with Crippen LogP contribution in [0.4, 0.5) is 4.39 Å². The molecule has 1 aliphatic heterocycles. The first-order valence-electron chi connectivity index (χ1n) is 8.63. The number of hydrogen-bond donors (Lipinski definition) is 2. The Morgan fingerprint density at radius 1 is 1.28 bits per heavy atom. The molecule has 2 aromatic rings. The molecule has 0 spiro atoms. The van der Waals surface area contributed by atoms with Crippen LogP contribution in [0.5, 0.6) is 0 Å². The van der Waals surface area contributed by atoms with E-state index in [2.05, 4.69) is 15.0 Å². The van der Waals surface area contributed by atoms with Crippen molar-refractivity contribution in [3.63, 3.8) is 0 Å². The maximum absolute atomic E-state index is 13.5. The number of sulfonamides is 1. The summed E-state index contributed by atoms with van der Waals surface area (Å²) in [5.74, 6) is -0.533. The zero-order valence-corrected chi connectivity index (χ0v) is 17.9. The maximum Gasteiger partial charge on any atom is 0.242 e. The van der Waals surface area contributed by atoms with Crippen molar-refractivity contribution in [2.75, 3.05) is 26.2 Å². The fourth-order valence-corrected chi connectivity index (χ4v) is 4.03. The molecule has 1 aromatic heterocycles. The molecule has 29 heavy (non-hydrogen) atoms. The number of aromatic nitrogens is 1. The lowest BCUT2D eigenvalue weighted by molar-refractivity contribution is -0.134. The Labute approximate surface area is 182 Å². The molecule has 1 atom stereocenters. The monoisotopic (exact) mass is 464 g/mol. The predicted molar refractivity (Wildman–Crippen MR) is 112 cm³/mol. The number of nitrogens with one attached hydrogen (secondary N) is 2. The first kappa shape index (κ1) is 25.3. The topological polar surface area (TPSA) is 91.4 Å². The first-order chi connectivity index (χ1) is 13.0. The summed E-state index contributed by atoms with van der Waals surface area (Å²) >= 11 is 0. The van der Waals surface area contributed by atoms with E-state index in [0.717, 1.165) is 0 Å². The molecular formula is C18H23Cl2FN4O3S. The van der Waals surface area contributed by atoms with Gasteiger partial charge in [-0.15, -0.1) is 24.8 Å². The molecule has 1 fully saturated rings. The summed E-state index contributed by atoms with van der Waals surface area (Å²) in [6.07, 6.45) is 2.76. The fourth-order valence-electron chi connectivity index (χ4n) is 3.04. The van der Waals surface area contributed by atoms with Crippen LogP contribution in [0.2, 0.25) is 0 Å². The standard InChI is InChI=1S/C18H21FN4O3S.2ClH/c19-15-4-1-3-14(11-15)17-13-21-9-10-23(17)18(24)6-8-22-27(25,26)16-5-2-7-20-12-16;;/h1-5,7,11-12,17,21-22H,6,8-10,13H2;2*1H. The Balaban J connectivity index is 0.00000210. The Kier molecular flexibility index (Phi) is 9.94. The van der Waals surface area contributed by atoms with Gasteiger partial charge in [0.15, 0.2) is 0 Å². The maximum atomic E-state index is 13.5. The number of carbonyl (C=O) groups is 1. The average Bonchev–Trinajstić information content (AvgIpc) is 2.68. The highest BCUT2D eigenvalue weighted by Gasteiger charge is 2.28. The molecule has 3 rings (SSSR count). The van der Waals surface area contributed by atoms with Crippen molar-refractivity contribution in [1.29, 1.82) is 0 Å². The van der Waals surface area contributed by atoms with Crippen LogP contribution in [0.15, 0.2) is 53.7 Å². The van der Waals surface area contributed by atoms with E-state index in [0.29, 0.717) is 25.2 Å². The molecule has 1 aromatic carbocycles. The number of rotatable bonds is 6. The second kappa shape index (κ2) is 11.4. The van der Waals surface area contributed by atoms with Gasteiger partial charge in [-0.1, -0.05) is 12.1 Å². The largest absolute Gasteiger partial charge is 0.333 e. The van der Waals surface area contributed by atoms with E-state index in [1.807, 2.05) is 0 Å². The minimum absolute atomic E-state index is 0. The van der Waals surface area contributed by atoms with Crippen LogP contribution in [0, 0.1) is 5.82 Å². The lowest BCUT2D eigenvalue weighted by Crippen LogP contribution is -2.49. The highest BCUT2D eigenvalue weighted by Crippen LogP contribution is 2.23. The van der Waals surface area contributed by atoms with Crippen LogP contribution in [0.25, 0.3) is 0 Å². The van der Waals surface area contributed by atoms with Crippen molar-refractivity contribution in [2.24, 2.45) is 0 Å². The number of piperazine rings is 1. The number of pyridine rings is 1. The summed E-state index contributed by atoms with van der Waals surface area (Å²) < 4.78 is 40.3. The van der Waals surface area contributed by atoms with Gasteiger partial charge in [0.1, 0.15) is 10.7 Å². The Hall–Kier alpha value is -1.78. The normalized spacial score (nSPS) is 16.4. The molecule has 1 saturated heterocycles. The van der Waals surface area contributed by atoms with E-state index in [9.17, 15) is 17.6 Å².